The number of amides is 2. The Bertz CT molecular complexity index is 490. The number of ether oxygens (including phenoxy) is 1. The van der Waals surface area contributed by atoms with Gasteiger partial charge in [-0.2, -0.15) is 0 Å². The van der Waals surface area contributed by atoms with Crippen LogP contribution in [0.3, 0.4) is 0 Å². The molecule has 1 fully saturated rings. The van der Waals surface area contributed by atoms with Gasteiger partial charge in [0.2, 0.25) is 11.8 Å². The van der Waals surface area contributed by atoms with Gasteiger partial charge in [0.15, 0.2) is 0 Å². The number of nitrogens with zero attached hydrogens (tertiary/aromatic N) is 1. The first kappa shape index (κ1) is 16.5. The molecular weight excluding hydrogens is 280 g/mol. The molecule has 1 N–H and O–H groups in total. The van der Waals surface area contributed by atoms with Gasteiger partial charge in [-0.05, 0) is 18.4 Å². The van der Waals surface area contributed by atoms with E-state index in [0.717, 1.165) is 31.4 Å². The summed E-state index contributed by atoms with van der Waals surface area (Å²) >= 11 is 0. The van der Waals surface area contributed by atoms with Gasteiger partial charge in [0.1, 0.15) is 6.61 Å². The van der Waals surface area contributed by atoms with Crippen molar-refractivity contribution >= 4 is 11.8 Å². The lowest BCUT2D eigenvalue weighted by Gasteiger charge is -2.27. The molecule has 2 amide bonds. The van der Waals surface area contributed by atoms with E-state index in [9.17, 15) is 9.59 Å². The van der Waals surface area contributed by atoms with E-state index in [2.05, 4.69) is 5.32 Å². The van der Waals surface area contributed by atoms with Gasteiger partial charge in [-0.3, -0.25) is 9.59 Å². The number of benzene rings is 1. The maximum absolute atomic E-state index is 12.2. The third-order valence-electron chi connectivity index (χ3n) is 3.89. The van der Waals surface area contributed by atoms with Crippen molar-refractivity contribution in [2.75, 3.05) is 26.8 Å². The molecule has 0 bridgehead atoms. The molecule has 1 aromatic carbocycles. The van der Waals surface area contributed by atoms with Crippen LogP contribution in [0, 0.1) is 0 Å². The highest BCUT2D eigenvalue weighted by Crippen LogP contribution is 2.18. The average Bonchev–Trinajstić information content (AvgIpc) is 2.73. The van der Waals surface area contributed by atoms with Crippen LogP contribution in [0.4, 0.5) is 0 Å². The second kappa shape index (κ2) is 8.54. The van der Waals surface area contributed by atoms with Crippen LogP contribution >= 0.6 is 0 Å². The first-order chi connectivity index (χ1) is 10.7. The summed E-state index contributed by atoms with van der Waals surface area (Å²) in [5.41, 5.74) is 1.00. The first-order valence-corrected chi connectivity index (χ1v) is 7.81. The van der Waals surface area contributed by atoms with Crippen molar-refractivity contribution in [3.05, 3.63) is 35.9 Å². The fraction of sp³-hybridized carbons (Fsp3) is 0.529. The molecule has 5 nitrogen and oxygen atoms in total. The molecule has 2 rings (SSSR count). The van der Waals surface area contributed by atoms with Crippen LogP contribution < -0.4 is 5.32 Å². The van der Waals surface area contributed by atoms with Gasteiger partial charge in [0.25, 0.3) is 0 Å². The lowest BCUT2D eigenvalue weighted by molar-refractivity contribution is -0.132. The number of hydrogen-bond donors (Lipinski definition) is 1. The highest BCUT2D eigenvalue weighted by molar-refractivity contribution is 5.78. The Labute approximate surface area is 131 Å². The van der Waals surface area contributed by atoms with Gasteiger partial charge in [0, 0.05) is 26.6 Å². The second-order valence-corrected chi connectivity index (χ2v) is 5.61. The van der Waals surface area contributed by atoms with Crippen LogP contribution in [0.5, 0.6) is 0 Å². The Kier molecular flexibility index (Phi) is 6.40. The number of likely N-dealkylation sites (tertiary alicyclic amines) is 1. The number of methoxy groups -OCH3 is 1. The highest BCUT2D eigenvalue weighted by atomic mass is 16.5. The summed E-state index contributed by atoms with van der Waals surface area (Å²) in [5, 5.41) is 2.96. The predicted octanol–water partition coefficient (Wildman–Crippen LogP) is 1.89. The molecule has 1 unspecified atom stereocenters. The van der Waals surface area contributed by atoms with Crippen molar-refractivity contribution in [2.24, 2.45) is 0 Å². The largest absolute Gasteiger partial charge is 0.375 e. The molecule has 120 valence electrons. The summed E-state index contributed by atoms with van der Waals surface area (Å²) in [6, 6.07) is 9.56. The van der Waals surface area contributed by atoms with Crippen molar-refractivity contribution in [2.45, 2.75) is 31.7 Å². The lowest BCUT2D eigenvalue weighted by Crippen LogP contribution is -2.41. The van der Waals surface area contributed by atoms with E-state index >= 15 is 0 Å². The van der Waals surface area contributed by atoms with Crippen molar-refractivity contribution in [1.82, 2.24) is 10.2 Å². The molecule has 1 saturated heterocycles. The monoisotopic (exact) mass is 304 g/mol. The topological polar surface area (TPSA) is 58.6 Å². The Morgan fingerprint density at radius 1 is 1.27 bits per heavy atom. The van der Waals surface area contributed by atoms with Crippen molar-refractivity contribution in [3.8, 4) is 0 Å². The zero-order valence-corrected chi connectivity index (χ0v) is 13.1. The third-order valence-corrected chi connectivity index (χ3v) is 3.89. The Hall–Kier alpha value is -1.88. The molecule has 1 aromatic rings. The molecule has 1 heterocycles. The Morgan fingerprint density at radius 3 is 2.77 bits per heavy atom. The van der Waals surface area contributed by atoms with Crippen LogP contribution in [0.15, 0.2) is 30.3 Å². The minimum atomic E-state index is -0.203. The normalized spacial score (nSPS) is 17.0. The number of rotatable bonds is 6. The zero-order valence-electron chi connectivity index (χ0n) is 13.1. The summed E-state index contributed by atoms with van der Waals surface area (Å²) in [6.45, 7) is 1.30. The minimum absolute atomic E-state index is 0.0251. The number of hydrogen-bond acceptors (Lipinski definition) is 3. The SMILES string of the molecule is COCC(=O)NC(CN1CCCCCC1=O)c1ccccc1. The van der Waals surface area contributed by atoms with Gasteiger partial charge in [0.05, 0.1) is 6.04 Å². The fourth-order valence-corrected chi connectivity index (χ4v) is 2.74. The van der Waals surface area contributed by atoms with E-state index in [1.165, 1.54) is 7.11 Å². The summed E-state index contributed by atoms with van der Waals surface area (Å²) in [5.74, 6) is 0.0121. The first-order valence-electron chi connectivity index (χ1n) is 7.81. The molecule has 0 radical (unpaired) electrons. The molecule has 1 aliphatic rings. The van der Waals surface area contributed by atoms with Crippen molar-refractivity contribution in [1.29, 1.82) is 0 Å². The maximum Gasteiger partial charge on any atom is 0.246 e. The molecular formula is C17H24N2O3. The Balaban J connectivity index is 2.09. The van der Waals surface area contributed by atoms with Gasteiger partial charge < -0.3 is 15.0 Å². The van der Waals surface area contributed by atoms with Crippen LogP contribution in [0.1, 0.15) is 37.3 Å². The van der Waals surface area contributed by atoms with Gasteiger partial charge in [-0.15, -0.1) is 0 Å². The van der Waals surface area contributed by atoms with E-state index < -0.39 is 0 Å². The van der Waals surface area contributed by atoms with E-state index in [1.807, 2.05) is 35.2 Å². The van der Waals surface area contributed by atoms with Crippen LogP contribution in [0.2, 0.25) is 0 Å². The molecule has 5 heteroatoms. The predicted molar refractivity (Wildman–Crippen MR) is 84.2 cm³/mol. The van der Waals surface area contributed by atoms with Gasteiger partial charge in [-0.25, -0.2) is 0 Å². The minimum Gasteiger partial charge on any atom is -0.375 e. The quantitative estimate of drug-likeness (QED) is 0.873. The third kappa shape index (κ3) is 4.84. The molecule has 0 spiro atoms. The van der Waals surface area contributed by atoms with Crippen molar-refractivity contribution < 1.29 is 14.3 Å². The molecule has 1 aliphatic heterocycles. The van der Waals surface area contributed by atoms with E-state index in [4.69, 9.17) is 4.74 Å². The molecule has 1 atom stereocenters. The highest BCUT2D eigenvalue weighted by Gasteiger charge is 2.22. The number of nitrogens with one attached hydrogen (secondary N) is 1. The summed E-state index contributed by atoms with van der Waals surface area (Å²) in [4.78, 5) is 25.9. The summed E-state index contributed by atoms with van der Waals surface area (Å²) < 4.78 is 4.88. The Morgan fingerprint density at radius 2 is 2.05 bits per heavy atom. The molecule has 0 saturated carbocycles. The van der Waals surface area contributed by atoms with Gasteiger partial charge in [-0.1, -0.05) is 36.8 Å². The fourth-order valence-electron chi connectivity index (χ4n) is 2.74. The zero-order chi connectivity index (χ0) is 15.8. The number of carbonyl (C=O) groups is 2. The summed E-state index contributed by atoms with van der Waals surface area (Å²) in [6.07, 6.45) is 3.68. The standard InChI is InChI=1S/C17H24N2O3/c1-22-13-16(20)18-15(14-8-4-2-5-9-14)12-19-11-7-3-6-10-17(19)21/h2,4-5,8-9,15H,3,6-7,10-13H2,1H3,(H,18,20). The van der Waals surface area contributed by atoms with Crippen molar-refractivity contribution in [3.63, 3.8) is 0 Å². The second-order valence-electron chi connectivity index (χ2n) is 5.61. The smallest absolute Gasteiger partial charge is 0.246 e. The van der Waals surface area contributed by atoms with E-state index in [1.54, 1.807) is 0 Å². The van der Waals surface area contributed by atoms with Crippen LogP contribution in [0.25, 0.3) is 0 Å². The van der Waals surface area contributed by atoms with Crippen LogP contribution in [-0.2, 0) is 14.3 Å². The van der Waals surface area contributed by atoms with E-state index in [-0.39, 0.29) is 24.5 Å². The average molecular weight is 304 g/mol. The molecule has 22 heavy (non-hydrogen) atoms. The van der Waals surface area contributed by atoms with Gasteiger partial charge >= 0.3 is 0 Å². The molecule has 0 aliphatic carbocycles. The van der Waals surface area contributed by atoms with Crippen LogP contribution in [-0.4, -0.2) is 43.5 Å². The summed E-state index contributed by atoms with van der Waals surface area (Å²) in [7, 11) is 1.50. The molecule has 0 aromatic heterocycles. The lowest BCUT2D eigenvalue weighted by atomic mass is 10.1. The van der Waals surface area contributed by atoms with E-state index in [0.29, 0.717) is 13.0 Å². The number of carbonyl (C=O) groups excluding carboxylic acids is 2. The maximum atomic E-state index is 12.2.